The molecule has 1 aliphatic carbocycles. The summed E-state index contributed by atoms with van der Waals surface area (Å²) in [6.45, 7) is 1.98. The second kappa shape index (κ2) is 4.23. The van der Waals surface area contributed by atoms with E-state index < -0.39 is 5.97 Å². The Balaban J connectivity index is 2.71. The zero-order valence-electron chi connectivity index (χ0n) is 7.66. The Morgan fingerprint density at radius 2 is 2.31 bits per heavy atom. The van der Waals surface area contributed by atoms with Gasteiger partial charge in [0.25, 0.3) is 0 Å². The molecule has 0 saturated heterocycles. The molecule has 2 N–H and O–H groups in total. The van der Waals surface area contributed by atoms with Crippen molar-refractivity contribution < 1.29 is 15.0 Å². The van der Waals surface area contributed by atoms with Gasteiger partial charge in [-0.3, -0.25) is 0 Å². The smallest absolute Gasteiger partial charge is 0.328 e. The van der Waals surface area contributed by atoms with Crippen LogP contribution in [0.5, 0.6) is 0 Å². The van der Waals surface area contributed by atoms with Gasteiger partial charge in [0.15, 0.2) is 0 Å². The van der Waals surface area contributed by atoms with Crippen LogP contribution >= 0.6 is 0 Å². The molecule has 0 spiro atoms. The van der Waals surface area contributed by atoms with Gasteiger partial charge >= 0.3 is 5.97 Å². The van der Waals surface area contributed by atoms with E-state index in [4.69, 9.17) is 5.11 Å². The predicted molar refractivity (Wildman–Crippen MR) is 49.3 cm³/mol. The molecule has 0 aromatic heterocycles. The highest BCUT2D eigenvalue weighted by Gasteiger charge is 2.14. The summed E-state index contributed by atoms with van der Waals surface area (Å²) in [7, 11) is 0. The van der Waals surface area contributed by atoms with E-state index in [1.165, 1.54) is 5.57 Å². The summed E-state index contributed by atoms with van der Waals surface area (Å²) in [5, 5.41) is 17.8. The molecule has 3 nitrogen and oxygen atoms in total. The molecule has 0 fully saturated rings. The van der Waals surface area contributed by atoms with Crippen molar-refractivity contribution in [3.63, 3.8) is 0 Å². The number of carboxylic acid groups (broad SMARTS) is 1. The van der Waals surface area contributed by atoms with Crippen LogP contribution in [-0.2, 0) is 4.79 Å². The SMILES string of the molecule is CC1=C(/C=C/C(=O)O)CC(O)CC1. The Bertz CT molecular complexity index is 263. The first-order valence-electron chi connectivity index (χ1n) is 4.37. The number of carbonyl (C=O) groups is 1. The number of allylic oxidation sites excluding steroid dienone is 2. The lowest BCUT2D eigenvalue weighted by molar-refractivity contribution is -0.131. The summed E-state index contributed by atoms with van der Waals surface area (Å²) < 4.78 is 0. The molecule has 13 heavy (non-hydrogen) atoms. The minimum absolute atomic E-state index is 0.308. The third kappa shape index (κ3) is 3.03. The minimum Gasteiger partial charge on any atom is -0.478 e. The Morgan fingerprint density at radius 3 is 2.92 bits per heavy atom. The molecular formula is C10H14O3. The van der Waals surface area contributed by atoms with Gasteiger partial charge in [0.2, 0.25) is 0 Å². The molecule has 0 amide bonds. The number of aliphatic carboxylic acids is 1. The van der Waals surface area contributed by atoms with Crippen molar-refractivity contribution in [2.45, 2.75) is 32.3 Å². The lowest BCUT2D eigenvalue weighted by atomic mass is 9.90. The van der Waals surface area contributed by atoms with E-state index in [-0.39, 0.29) is 6.10 Å². The van der Waals surface area contributed by atoms with Crippen LogP contribution in [0.15, 0.2) is 23.3 Å². The van der Waals surface area contributed by atoms with Crippen molar-refractivity contribution in [1.82, 2.24) is 0 Å². The summed E-state index contributed by atoms with van der Waals surface area (Å²) in [6, 6.07) is 0. The standard InChI is InChI=1S/C10H14O3/c1-7-2-4-9(11)6-8(7)3-5-10(12)13/h3,5,9,11H,2,4,6H2,1H3,(H,12,13)/b5-3+. The Morgan fingerprint density at radius 1 is 1.62 bits per heavy atom. The van der Waals surface area contributed by atoms with Crippen LogP contribution in [0.25, 0.3) is 0 Å². The molecule has 0 radical (unpaired) electrons. The number of rotatable bonds is 2. The van der Waals surface area contributed by atoms with E-state index in [9.17, 15) is 9.90 Å². The predicted octanol–water partition coefficient (Wildman–Crippen LogP) is 1.49. The molecule has 0 aliphatic heterocycles. The lowest BCUT2D eigenvalue weighted by Gasteiger charge is -2.19. The van der Waals surface area contributed by atoms with Crippen molar-refractivity contribution in [1.29, 1.82) is 0 Å². The fourth-order valence-electron chi connectivity index (χ4n) is 1.46. The van der Waals surface area contributed by atoms with Gasteiger partial charge in [0.1, 0.15) is 0 Å². The summed E-state index contributed by atoms with van der Waals surface area (Å²) in [6.07, 6.45) is 4.63. The van der Waals surface area contributed by atoms with E-state index >= 15 is 0 Å². The lowest BCUT2D eigenvalue weighted by Crippen LogP contribution is -2.13. The number of hydrogen-bond acceptors (Lipinski definition) is 2. The zero-order chi connectivity index (χ0) is 9.84. The molecule has 0 aromatic carbocycles. The van der Waals surface area contributed by atoms with Gasteiger partial charge < -0.3 is 10.2 Å². The second-order valence-corrected chi connectivity index (χ2v) is 3.37. The molecule has 0 heterocycles. The third-order valence-electron chi connectivity index (χ3n) is 2.28. The third-order valence-corrected chi connectivity index (χ3v) is 2.28. The van der Waals surface area contributed by atoms with Gasteiger partial charge in [-0.25, -0.2) is 4.79 Å². The van der Waals surface area contributed by atoms with Crippen molar-refractivity contribution >= 4 is 5.97 Å². The molecule has 1 unspecified atom stereocenters. The van der Waals surface area contributed by atoms with E-state index in [1.807, 2.05) is 6.92 Å². The summed E-state index contributed by atoms with van der Waals surface area (Å²) in [5.41, 5.74) is 2.14. The Hall–Kier alpha value is -1.09. The number of aliphatic hydroxyl groups is 1. The second-order valence-electron chi connectivity index (χ2n) is 3.37. The first-order chi connectivity index (χ1) is 6.09. The van der Waals surface area contributed by atoms with Gasteiger partial charge in [0, 0.05) is 6.08 Å². The Labute approximate surface area is 77.4 Å². The largest absolute Gasteiger partial charge is 0.478 e. The van der Waals surface area contributed by atoms with E-state index in [0.29, 0.717) is 6.42 Å². The number of carboxylic acids is 1. The monoisotopic (exact) mass is 182 g/mol. The highest BCUT2D eigenvalue weighted by atomic mass is 16.4. The first kappa shape index (κ1) is 9.99. The quantitative estimate of drug-likeness (QED) is 0.636. The van der Waals surface area contributed by atoms with E-state index in [1.54, 1.807) is 6.08 Å². The van der Waals surface area contributed by atoms with Crippen molar-refractivity contribution in [3.05, 3.63) is 23.3 Å². The first-order valence-corrected chi connectivity index (χ1v) is 4.37. The van der Waals surface area contributed by atoms with E-state index in [0.717, 1.165) is 24.5 Å². The molecular weight excluding hydrogens is 168 g/mol. The van der Waals surface area contributed by atoms with Gasteiger partial charge in [-0.1, -0.05) is 11.6 Å². The van der Waals surface area contributed by atoms with Gasteiger partial charge in [-0.2, -0.15) is 0 Å². The molecule has 72 valence electrons. The van der Waals surface area contributed by atoms with Gasteiger partial charge in [-0.05, 0) is 31.8 Å². The normalized spacial score (nSPS) is 24.0. The summed E-state index contributed by atoms with van der Waals surface area (Å²) >= 11 is 0. The van der Waals surface area contributed by atoms with Crippen LogP contribution in [0.3, 0.4) is 0 Å². The average Bonchev–Trinajstić information content (AvgIpc) is 2.06. The molecule has 0 aromatic rings. The van der Waals surface area contributed by atoms with Gasteiger partial charge in [-0.15, -0.1) is 0 Å². The number of hydrogen-bond donors (Lipinski definition) is 2. The fourth-order valence-corrected chi connectivity index (χ4v) is 1.46. The minimum atomic E-state index is -0.944. The number of aliphatic hydroxyl groups excluding tert-OH is 1. The maximum absolute atomic E-state index is 10.3. The van der Waals surface area contributed by atoms with Crippen LogP contribution in [-0.4, -0.2) is 22.3 Å². The van der Waals surface area contributed by atoms with Crippen molar-refractivity contribution in [2.24, 2.45) is 0 Å². The Kier molecular flexibility index (Phi) is 3.25. The zero-order valence-corrected chi connectivity index (χ0v) is 7.66. The molecule has 0 bridgehead atoms. The average molecular weight is 182 g/mol. The van der Waals surface area contributed by atoms with Gasteiger partial charge in [0.05, 0.1) is 6.10 Å². The topological polar surface area (TPSA) is 57.5 Å². The van der Waals surface area contributed by atoms with Crippen LogP contribution < -0.4 is 0 Å². The van der Waals surface area contributed by atoms with Crippen LogP contribution in [0, 0.1) is 0 Å². The maximum atomic E-state index is 10.3. The fraction of sp³-hybridized carbons (Fsp3) is 0.500. The summed E-state index contributed by atoms with van der Waals surface area (Å²) in [4.78, 5) is 10.3. The molecule has 3 heteroatoms. The summed E-state index contributed by atoms with van der Waals surface area (Å²) in [5.74, 6) is -0.944. The van der Waals surface area contributed by atoms with Crippen LogP contribution in [0.1, 0.15) is 26.2 Å². The molecule has 1 rings (SSSR count). The highest BCUT2D eigenvalue weighted by molar-refractivity contribution is 5.80. The molecule has 0 saturated carbocycles. The van der Waals surface area contributed by atoms with E-state index in [2.05, 4.69) is 0 Å². The van der Waals surface area contributed by atoms with Crippen LogP contribution in [0.4, 0.5) is 0 Å². The molecule has 1 aliphatic rings. The maximum Gasteiger partial charge on any atom is 0.328 e. The van der Waals surface area contributed by atoms with Crippen molar-refractivity contribution in [2.75, 3.05) is 0 Å². The van der Waals surface area contributed by atoms with Crippen LogP contribution in [0.2, 0.25) is 0 Å². The molecule has 1 atom stereocenters. The highest BCUT2D eigenvalue weighted by Crippen LogP contribution is 2.25. The van der Waals surface area contributed by atoms with Crippen molar-refractivity contribution in [3.8, 4) is 0 Å².